The predicted molar refractivity (Wildman–Crippen MR) is 89.3 cm³/mol. The number of hydrogen-bond acceptors (Lipinski definition) is 3. The van der Waals surface area contributed by atoms with Crippen molar-refractivity contribution in [3.05, 3.63) is 36.4 Å². The van der Waals surface area contributed by atoms with Gasteiger partial charge in [-0.1, -0.05) is 31.9 Å². The minimum absolute atomic E-state index is 0.0686. The van der Waals surface area contributed by atoms with Crippen LogP contribution < -0.4 is 9.64 Å². The Morgan fingerprint density at radius 3 is 2.17 bits per heavy atom. The molecule has 1 aromatic carbocycles. The van der Waals surface area contributed by atoms with E-state index in [2.05, 4.69) is 6.92 Å². The van der Waals surface area contributed by atoms with Crippen molar-refractivity contribution in [3.8, 4) is 5.75 Å². The van der Waals surface area contributed by atoms with Gasteiger partial charge in [-0.25, -0.2) is 0 Å². The molecule has 2 unspecified atom stereocenters. The Hall–Kier alpha value is -2.10. The van der Waals surface area contributed by atoms with Crippen molar-refractivity contribution >= 4 is 17.5 Å². The molecule has 1 aliphatic carbocycles. The molecule has 1 aromatic rings. The van der Waals surface area contributed by atoms with Crippen LogP contribution in [0.15, 0.2) is 36.4 Å². The molecule has 1 fully saturated rings. The molecule has 4 heteroatoms. The standard InChI is InChI=1S/C19H23NO3/c1-2-3-6-13-23-15-11-9-14(10-12-15)20-18(21)16-7-4-5-8-17(16)19(20)22/h4-5,9-12,16-17H,2-3,6-8,13H2,1H3. The number of carbonyl (C=O) groups is 2. The summed E-state index contributed by atoms with van der Waals surface area (Å²) < 4.78 is 5.68. The molecule has 1 aliphatic heterocycles. The van der Waals surface area contributed by atoms with Crippen LogP contribution in [0.1, 0.15) is 39.0 Å². The van der Waals surface area contributed by atoms with Crippen LogP contribution in [-0.2, 0) is 9.59 Å². The maximum Gasteiger partial charge on any atom is 0.238 e. The van der Waals surface area contributed by atoms with E-state index in [0.29, 0.717) is 25.1 Å². The Morgan fingerprint density at radius 2 is 1.61 bits per heavy atom. The predicted octanol–water partition coefficient (Wildman–Crippen LogP) is 3.71. The van der Waals surface area contributed by atoms with Crippen molar-refractivity contribution in [2.75, 3.05) is 11.5 Å². The van der Waals surface area contributed by atoms with Crippen LogP contribution in [0.25, 0.3) is 0 Å². The number of allylic oxidation sites excluding steroid dienone is 2. The van der Waals surface area contributed by atoms with Crippen LogP contribution in [0, 0.1) is 11.8 Å². The van der Waals surface area contributed by atoms with E-state index in [9.17, 15) is 9.59 Å². The van der Waals surface area contributed by atoms with Gasteiger partial charge in [0.1, 0.15) is 5.75 Å². The summed E-state index contributed by atoms with van der Waals surface area (Å²) in [5.74, 6) is 0.278. The fourth-order valence-corrected chi connectivity index (χ4v) is 3.29. The molecule has 4 nitrogen and oxygen atoms in total. The minimum Gasteiger partial charge on any atom is -0.494 e. The van der Waals surface area contributed by atoms with E-state index in [0.717, 1.165) is 18.6 Å². The fraction of sp³-hybridized carbons (Fsp3) is 0.474. The fourth-order valence-electron chi connectivity index (χ4n) is 3.29. The topological polar surface area (TPSA) is 46.6 Å². The maximum absolute atomic E-state index is 12.5. The van der Waals surface area contributed by atoms with Gasteiger partial charge in [-0.05, 0) is 43.5 Å². The van der Waals surface area contributed by atoms with Gasteiger partial charge in [-0.3, -0.25) is 14.5 Å². The lowest BCUT2D eigenvalue weighted by molar-refractivity contribution is -0.122. The molecule has 3 rings (SSSR count). The monoisotopic (exact) mass is 313 g/mol. The van der Waals surface area contributed by atoms with E-state index in [1.165, 1.54) is 11.3 Å². The lowest BCUT2D eigenvalue weighted by Crippen LogP contribution is -2.30. The smallest absolute Gasteiger partial charge is 0.238 e. The number of imide groups is 1. The highest BCUT2D eigenvalue weighted by Crippen LogP contribution is 2.37. The average molecular weight is 313 g/mol. The Kier molecular flexibility index (Phi) is 4.79. The first-order valence-electron chi connectivity index (χ1n) is 8.48. The Labute approximate surface area is 137 Å². The Balaban J connectivity index is 1.67. The normalized spacial score (nSPS) is 23.3. The SMILES string of the molecule is CCCCCOc1ccc(N2C(=O)C3CC=CCC3C2=O)cc1. The largest absolute Gasteiger partial charge is 0.494 e. The molecular weight excluding hydrogens is 290 g/mol. The summed E-state index contributed by atoms with van der Waals surface area (Å²) in [6.45, 7) is 2.86. The van der Waals surface area contributed by atoms with Crippen molar-refractivity contribution in [1.29, 1.82) is 0 Å². The maximum atomic E-state index is 12.5. The second kappa shape index (κ2) is 6.99. The number of carbonyl (C=O) groups excluding carboxylic acids is 2. The van der Waals surface area contributed by atoms with E-state index in [1.54, 1.807) is 12.1 Å². The first-order valence-corrected chi connectivity index (χ1v) is 8.48. The van der Waals surface area contributed by atoms with Crippen molar-refractivity contribution in [3.63, 3.8) is 0 Å². The van der Waals surface area contributed by atoms with E-state index in [4.69, 9.17) is 4.74 Å². The van der Waals surface area contributed by atoms with Gasteiger partial charge < -0.3 is 4.74 Å². The van der Waals surface area contributed by atoms with Crippen molar-refractivity contribution in [1.82, 2.24) is 0 Å². The van der Waals surface area contributed by atoms with Crippen LogP contribution in [0.3, 0.4) is 0 Å². The highest BCUT2D eigenvalue weighted by atomic mass is 16.5. The lowest BCUT2D eigenvalue weighted by Gasteiger charge is -2.15. The zero-order valence-electron chi connectivity index (χ0n) is 13.5. The first kappa shape index (κ1) is 15.8. The van der Waals surface area contributed by atoms with Crippen LogP contribution in [0.5, 0.6) is 5.75 Å². The lowest BCUT2D eigenvalue weighted by atomic mass is 9.85. The zero-order chi connectivity index (χ0) is 16.2. The average Bonchev–Trinajstić information content (AvgIpc) is 2.84. The van der Waals surface area contributed by atoms with Gasteiger partial charge in [0, 0.05) is 0 Å². The molecule has 0 radical (unpaired) electrons. The van der Waals surface area contributed by atoms with Gasteiger partial charge in [0.2, 0.25) is 11.8 Å². The molecule has 2 atom stereocenters. The molecule has 0 N–H and O–H groups in total. The number of rotatable bonds is 6. The highest BCUT2D eigenvalue weighted by molar-refractivity contribution is 6.22. The second-order valence-electron chi connectivity index (χ2n) is 6.22. The zero-order valence-corrected chi connectivity index (χ0v) is 13.5. The van der Waals surface area contributed by atoms with Crippen LogP contribution in [0.2, 0.25) is 0 Å². The summed E-state index contributed by atoms with van der Waals surface area (Å²) in [5, 5.41) is 0. The number of fused-ring (bicyclic) bond motifs is 1. The summed E-state index contributed by atoms with van der Waals surface area (Å²) in [6, 6.07) is 7.27. The van der Waals surface area contributed by atoms with Gasteiger partial charge in [-0.15, -0.1) is 0 Å². The van der Waals surface area contributed by atoms with Crippen molar-refractivity contribution < 1.29 is 14.3 Å². The van der Waals surface area contributed by atoms with Crippen molar-refractivity contribution in [2.24, 2.45) is 11.8 Å². The summed E-state index contributed by atoms with van der Waals surface area (Å²) >= 11 is 0. The number of hydrogen-bond donors (Lipinski definition) is 0. The van der Waals surface area contributed by atoms with E-state index in [-0.39, 0.29) is 23.7 Å². The number of amides is 2. The molecule has 2 aliphatic rings. The third kappa shape index (κ3) is 3.16. The van der Waals surface area contributed by atoms with Gasteiger partial charge in [0.15, 0.2) is 0 Å². The molecule has 0 aromatic heterocycles. The summed E-state index contributed by atoms with van der Waals surface area (Å²) in [7, 11) is 0. The Bertz CT molecular complexity index is 580. The molecule has 2 amide bonds. The molecule has 1 saturated heterocycles. The number of unbranched alkanes of at least 4 members (excludes halogenated alkanes) is 2. The number of ether oxygens (including phenoxy) is 1. The second-order valence-corrected chi connectivity index (χ2v) is 6.22. The van der Waals surface area contributed by atoms with Crippen LogP contribution in [-0.4, -0.2) is 18.4 Å². The van der Waals surface area contributed by atoms with E-state index >= 15 is 0 Å². The molecule has 1 heterocycles. The third-order valence-corrected chi connectivity index (χ3v) is 4.62. The van der Waals surface area contributed by atoms with Crippen LogP contribution >= 0.6 is 0 Å². The summed E-state index contributed by atoms with van der Waals surface area (Å²) in [4.78, 5) is 26.4. The van der Waals surface area contributed by atoms with Crippen LogP contribution in [0.4, 0.5) is 5.69 Å². The minimum atomic E-state index is -0.183. The molecule has 0 bridgehead atoms. The Morgan fingerprint density at radius 1 is 1.00 bits per heavy atom. The van der Waals surface area contributed by atoms with Gasteiger partial charge in [0.05, 0.1) is 24.1 Å². The number of anilines is 1. The third-order valence-electron chi connectivity index (χ3n) is 4.62. The quantitative estimate of drug-likeness (QED) is 0.457. The van der Waals surface area contributed by atoms with E-state index < -0.39 is 0 Å². The molecule has 122 valence electrons. The molecule has 0 saturated carbocycles. The van der Waals surface area contributed by atoms with E-state index in [1.807, 2.05) is 24.3 Å². The van der Waals surface area contributed by atoms with Gasteiger partial charge in [0.25, 0.3) is 0 Å². The number of nitrogens with zero attached hydrogens (tertiary/aromatic N) is 1. The molecule has 0 spiro atoms. The summed E-state index contributed by atoms with van der Waals surface area (Å²) in [5.41, 5.74) is 0.648. The first-order chi connectivity index (χ1) is 11.2. The molecular formula is C19H23NO3. The van der Waals surface area contributed by atoms with Gasteiger partial charge >= 0.3 is 0 Å². The van der Waals surface area contributed by atoms with Crippen molar-refractivity contribution in [2.45, 2.75) is 39.0 Å². The molecule has 23 heavy (non-hydrogen) atoms. The highest BCUT2D eigenvalue weighted by Gasteiger charge is 2.47. The van der Waals surface area contributed by atoms with Gasteiger partial charge in [-0.2, -0.15) is 0 Å². The number of benzene rings is 1. The summed E-state index contributed by atoms with van der Waals surface area (Å²) in [6.07, 6.45) is 8.71.